The van der Waals surface area contributed by atoms with Crippen molar-refractivity contribution in [2.24, 2.45) is 0 Å². The second kappa shape index (κ2) is 9.16. The number of rotatable bonds is 5. The minimum absolute atomic E-state index is 0.0000918. The van der Waals surface area contributed by atoms with Crippen LogP contribution in [0.15, 0.2) is 96.2 Å². The van der Waals surface area contributed by atoms with Crippen molar-refractivity contribution < 1.29 is 18.0 Å². The first-order valence-corrected chi connectivity index (χ1v) is 12.4. The fraction of sp³-hybridized carbons (Fsp3) is 0.0385. The number of nitrogens with two attached hydrogens (primary N) is 1. The van der Waals surface area contributed by atoms with Gasteiger partial charge in [0.15, 0.2) is 0 Å². The topological polar surface area (TPSA) is 134 Å². The van der Waals surface area contributed by atoms with Crippen LogP contribution in [-0.2, 0) is 16.6 Å². The Kier molecular flexibility index (Phi) is 5.87. The Labute approximate surface area is 207 Å². The summed E-state index contributed by atoms with van der Waals surface area (Å²) in [6, 6.07) is 20.9. The first-order chi connectivity index (χ1) is 17.3. The number of hydrogen-bond acceptors (Lipinski definition) is 6. The number of para-hydroxylation sites is 2. The summed E-state index contributed by atoms with van der Waals surface area (Å²) >= 11 is 0. The van der Waals surface area contributed by atoms with Gasteiger partial charge in [-0.05, 0) is 53.6 Å². The van der Waals surface area contributed by atoms with E-state index < -0.39 is 16.1 Å². The Bertz CT molecular complexity index is 1570. The van der Waals surface area contributed by atoms with Crippen LogP contribution in [0.25, 0.3) is 11.1 Å². The molecule has 180 valence electrons. The van der Waals surface area contributed by atoms with Crippen molar-refractivity contribution in [3.63, 3.8) is 0 Å². The van der Waals surface area contributed by atoms with E-state index in [1.165, 1.54) is 6.07 Å². The predicted octanol–water partition coefficient (Wildman–Crippen LogP) is 4.32. The number of aromatic nitrogens is 1. The van der Waals surface area contributed by atoms with Crippen molar-refractivity contribution in [2.75, 3.05) is 16.4 Å². The fourth-order valence-electron chi connectivity index (χ4n) is 3.85. The van der Waals surface area contributed by atoms with Gasteiger partial charge in [0.1, 0.15) is 4.90 Å². The molecule has 1 aliphatic rings. The number of anilines is 3. The van der Waals surface area contributed by atoms with Gasteiger partial charge in [-0.1, -0.05) is 36.4 Å². The van der Waals surface area contributed by atoms with Crippen LogP contribution in [-0.4, -0.2) is 29.6 Å². The third kappa shape index (κ3) is 4.37. The van der Waals surface area contributed by atoms with Crippen molar-refractivity contribution in [1.29, 1.82) is 0 Å². The molecule has 2 heterocycles. The smallest absolute Gasteiger partial charge is 0.336 e. The van der Waals surface area contributed by atoms with Crippen LogP contribution in [0.1, 0.15) is 15.9 Å². The molecule has 5 rings (SSSR count). The molecule has 36 heavy (non-hydrogen) atoms. The number of benzene rings is 3. The molecule has 0 aliphatic carbocycles. The third-order valence-electron chi connectivity index (χ3n) is 5.76. The number of sulfonamides is 1. The van der Waals surface area contributed by atoms with Gasteiger partial charge in [0.2, 0.25) is 0 Å². The molecule has 0 unspecified atom stereocenters. The predicted molar refractivity (Wildman–Crippen MR) is 137 cm³/mol. The van der Waals surface area contributed by atoms with Gasteiger partial charge in [0, 0.05) is 23.5 Å². The van der Waals surface area contributed by atoms with Crippen molar-refractivity contribution in [3.05, 3.63) is 102 Å². The number of nitrogens with zero attached hydrogens (tertiary/aromatic N) is 2. The van der Waals surface area contributed by atoms with Crippen LogP contribution >= 0.6 is 0 Å². The number of pyridine rings is 1. The quantitative estimate of drug-likeness (QED) is 0.350. The highest BCUT2D eigenvalue weighted by Crippen LogP contribution is 2.34. The van der Waals surface area contributed by atoms with E-state index >= 15 is 0 Å². The minimum atomic E-state index is -4.12. The summed E-state index contributed by atoms with van der Waals surface area (Å²) in [6.07, 6.45) is 3.27. The number of carbonyl (C=O) groups is 2. The van der Waals surface area contributed by atoms with E-state index in [4.69, 9.17) is 5.73 Å². The lowest BCUT2D eigenvalue weighted by atomic mass is 10.1. The zero-order valence-electron chi connectivity index (χ0n) is 18.9. The Balaban J connectivity index is 1.37. The van der Waals surface area contributed by atoms with Crippen LogP contribution in [0, 0.1) is 0 Å². The molecule has 0 bridgehead atoms. The molecule has 0 spiro atoms. The summed E-state index contributed by atoms with van der Waals surface area (Å²) in [5.74, 6) is -0.361. The van der Waals surface area contributed by atoms with Crippen LogP contribution in [0.5, 0.6) is 0 Å². The average Bonchev–Trinajstić information content (AvgIpc) is 2.89. The summed E-state index contributed by atoms with van der Waals surface area (Å²) < 4.78 is 27.6. The molecule has 0 saturated carbocycles. The molecule has 1 aliphatic heterocycles. The molecular formula is C26H21N5O4S. The van der Waals surface area contributed by atoms with E-state index in [9.17, 15) is 18.0 Å². The largest absolute Gasteiger partial charge is 0.397 e. The van der Waals surface area contributed by atoms with E-state index in [2.05, 4.69) is 15.6 Å². The maximum Gasteiger partial charge on any atom is 0.336 e. The van der Waals surface area contributed by atoms with Crippen LogP contribution in [0.2, 0.25) is 0 Å². The van der Waals surface area contributed by atoms with Gasteiger partial charge >= 0.3 is 6.03 Å². The van der Waals surface area contributed by atoms with Gasteiger partial charge in [0.05, 0.1) is 23.6 Å². The second-order valence-electron chi connectivity index (χ2n) is 8.13. The SMILES string of the molecule is Nc1ccccc1NC(=O)c1ccc(CN2C(=O)Nc3ccc(-c4cccnc4)cc3S2(=O)=O)cc1. The first kappa shape index (κ1) is 23.1. The Morgan fingerprint density at radius 3 is 2.47 bits per heavy atom. The maximum absolute atomic E-state index is 13.4. The van der Waals surface area contributed by atoms with Crippen molar-refractivity contribution in [1.82, 2.24) is 9.29 Å². The molecular weight excluding hydrogens is 478 g/mol. The lowest BCUT2D eigenvalue weighted by Gasteiger charge is -2.29. The minimum Gasteiger partial charge on any atom is -0.397 e. The highest BCUT2D eigenvalue weighted by atomic mass is 32.2. The third-order valence-corrected chi connectivity index (χ3v) is 7.53. The van der Waals surface area contributed by atoms with Crippen molar-refractivity contribution in [2.45, 2.75) is 11.4 Å². The molecule has 9 nitrogen and oxygen atoms in total. The molecule has 0 radical (unpaired) electrons. The van der Waals surface area contributed by atoms with E-state index in [0.29, 0.717) is 28.1 Å². The summed E-state index contributed by atoms with van der Waals surface area (Å²) in [5.41, 5.74) is 9.34. The van der Waals surface area contributed by atoms with Gasteiger partial charge in [-0.25, -0.2) is 17.5 Å². The zero-order chi connectivity index (χ0) is 25.3. The fourth-order valence-corrected chi connectivity index (χ4v) is 5.34. The van der Waals surface area contributed by atoms with Gasteiger partial charge in [0.25, 0.3) is 15.9 Å². The molecule has 0 fully saturated rings. The van der Waals surface area contributed by atoms with Gasteiger partial charge in [-0.15, -0.1) is 0 Å². The van der Waals surface area contributed by atoms with Crippen LogP contribution in [0.3, 0.4) is 0 Å². The van der Waals surface area contributed by atoms with Crippen molar-refractivity contribution in [3.8, 4) is 11.1 Å². The molecule has 3 amide bonds. The lowest BCUT2D eigenvalue weighted by molar-refractivity contribution is 0.102. The second-order valence-corrected chi connectivity index (χ2v) is 9.96. The highest BCUT2D eigenvalue weighted by Gasteiger charge is 2.37. The highest BCUT2D eigenvalue weighted by molar-refractivity contribution is 7.90. The Morgan fingerprint density at radius 2 is 1.75 bits per heavy atom. The van der Waals surface area contributed by atoms with Crippen molar-refractivity contribution >= 4 is 39.0 Å². The number of carbonyl (C=O) groups excluding carboxylic acids is 2. The van der Waals surface area contributed by atoms with E-state index in [-0.39, 0.29) is 23.0 Å². The molecule has 0 atom stereocenters. The average molecular weight is 500 g/mol. The normalized spacial score (nSPS) is 14.0. The van der Waals surface area contributed by atoms with Crippen LogP contribution in [0.4, 0.5) is 21.9 Å². The molecule has 10 heteroatoms. The van der Waals surface area contributed by atoms with E-state index in [1.54, 1.807) is 79.1 Å². The van der Waals surface area contributed by atoms with Gasteiger partial charge < -0.3 is 16.4 Å². The number of fused-ring (bicyclic) bond motifs is 1. The number of nitrogen functional groups attached to an aromatic ring is 1. The number of nitrogens with one attached hydrogen (secondary N) is 2. The Hall–Kier alpha value is -4.70. The first-order valence-electron chi connectivity index (χ1n) is 11.0. The lowest BCUT2D eigenvalue weighted by Crippen LogP contribution is -2.43. The van der Waals surface area contributed by atoms with Gasteiger partial charge in [-0.3, -0.25) is 9.78 Å². The van der Waals surface area contributed by atoms with E-state index in [1.807, 2.05) is 6.07 Å². The van der Waals surface area contributed by atoms with E-state index in [0.717, 1.165) is 9.87 Å². The molecule has 0 saturated heterocycles. The number of hydrogen-bond donors (Lipinski definition) is 3. The van der Waals surface area contributed by atoms with Crippen LogP contribution < -0.4 is 16.4 Å². The molecule has 3 aromatic carbocycles. The number of amides is 3. The molecule has 4 aromatic rings. The summed E-state index contributed by atoms with van der Waals surface area (Å²) in [5, 5.41) is 5.38. The summed E-state index contributed by atoms with van der Waals surface area (Å²) in [6.45, 7) is -0.196. The van der Waals surface area contributed by atoms with Gasteiger partial charge in [-0.2, -0.15) is 0 Å². The molecule has 4 N–H and O–H groups in total. The maximum atomic E-state index is 13.4. The summed E-state index contributed by atoms with van der Waals surface area (Å²) in [7, 11) is -4.12. The number of urea groups is 1. The molecule has 1 aromatic heterocycles. The summed E-state index contributed by atoms with van der Waals surface area (Å²) in [4.78, 5) is 29.3. The monoisotopic (exact) mass is 499 g/mol. The Morgan fingerprint density at radius 1 is 0.972 bits per heavy atom. The zero-order valence-corrected chi connectivity index (χ0v) is 19.7. The standard InChI is InChI=1S/C26H21N5O4S/c27-21-5-1-2-6-22(21)29-25(32)18-9-7-17(8-10-18)16-31-26(33)30-23-12-11-19(14-24(23)36(31,34)35)20-4-3-13-28-15-20/h1-15H,16,27H2,(H,29,32)(H,30,33).